The van der Waals surface area contributed by atoms with Gasteiger partial charge in [0.05, 0.1) is 5.75 Å². The maximum atomic E-state index is 12.2. The summed E-state index contributed by atoms with van der Waals surface area (Å²) in [6.07, 6.45) is 0. The number of aryl methyl sites for hydroxylation is 1. The molecule has 0 bridgehead atoms. The first-order chi connectivity index (χ1) is 13.6. The number of carbonyl (C=O) groups is 1. The molecule has 0 aliphatic carbocycles. The lowest BCUT2D eigenvalue weighted by molar-refractivity contribution is -0.118. The highest BCUT2D eigenvalue weighted by atomic mass is 32.2. The minimum Gasteiger partial charge on any atom is -0.454 e. The zero-order valence-corrected chi connectivity index (χ0v) is 16.5. The normalized spacial score (nSPS) is 12.2. The lowest BCUT2D eigenvalue weighted by atomic mass is 10.1. The maximum absolute atomic E-state index is 12.2. The molecule has 0 unspecified atom stereocenters. The van der Waals surface area contributed by atoms with Gasteiger partial charge in [0.1, 0.15) is 0 Å². The second-order valence-corrected chi connectivity index (χ2v) is 7.43. The van der Waals surface area contributed by atoms with Crippen molar-refractivity contribution >= 4 is 17.7 Å². The first kappa shape index (κ1) is 18.4. The Balaban J connectivity index is 1.32. The van der Waals surface area contributed by atoms with Gasteiger partial charge in [-0.1, -0.05) is 47.7 Å². The molecule has 1 amide bonds. The average Bonchev–Trinajstić information content (AvgIpc) is 3.31. The van der Waals surface area contributed by atoms with Crippen LogP contribution in [0.4, 0.5) is 0 Å². The highest BCUT2D eigenvalue weighted by Crippen LogP contribution is 2.32. The van der Waals surface area contributed by atoms with Crippen LogP contribution in [0.25, 0.3) is 11.4 Å². The quantitative estimate of drug-likeness (QED) is 0.646. The number of benzene rings is 2. The van der Waals surface area contributed by atoms with Gasteiger partial charge in [0.2, 0.25) is 12.7 Å². The molecule has 1 aliphatic rings. The van der Waals surface area contributed by atoms with Crippen LogP contribution in [0.15, 0.2) is 47.6 Å². The molecule has 0 atom stereocenters. The summed E-state index contributed by atoms with van der Waals surface area (Å²) in [5, 5.41) is 12.1. The van der Waals surface area contributed by atoms with Gasteiger partial charge in [-0.05, 0) is 24.6 Å². The predicted octanol–water partition coefficient (Wildman–Crippen LogP) is 2.93. The fourth-order valence-electron chi connectivity index (χ4n) is 2.83. The number of thioether (sulfide) groups is 1. The van der Waals surface area contributed by atoms with Gasteiger partial charge in [0.25, 0.3) is 0 Å². The molecule has 144 valence electrons. The number of fused-ring (bicyclic) bond motifs is 1. The Labute approximate surface area is 167 Å². The SMILES string of the molecule is Cc1ccc(-c2nnc(SCC(=O)NCc3ccc4c(c3)OCO4)n2C)cc1. The molecule has 0 saturated heterocycles. The van der Waals surface area contributed by atoms with Crippen molar-refractivity contribution in [1.82, 2.24) is 20.1 Å². The van der Waals surface area contributed by atoms with Crippen LogP contribution in [0.5, 0.6) is 11.5 Å². The van der Waals surface area contributed by atoms with Crippen LogP contribution in [0.3, 0.4) is 0 Å². The van der Waals surface area contributed by atoms with Crippen molar-refractivity contribution in [2.24, 2.45) is 7.05 Å². The molecule has 2 aromatic carbocycles. The van der Waals surface area contributed by atoms with Crippen LogP contribution in [0.2, 0.25) is 0 Å². The molecule has 28 heavy (non-hydrogen) atoms. The molecule has 0 radical (unpaired) electrons. The van der Waals surface area contributed by atoms with Gasteiger partial charge in [-0.15, -0.1) is 10.2 Å². The molecule has 0 spiro atoms. The van der Waals surface area contributed by atoms with Crippen molar-refractivity contribution in [3.05, 3.63) is 53.6 Å². The fraction of sp³-hybridized carbons (Fsp3) is 0.250. The predicted molar refractivity (Wildman–Crippen MR) is 106 cm³/mol. The third-order valence-corrected chi connectivity index (χ3v) is 5.42. The van der Waals surface area contributed by atoms with Gasteiger partial charge in [-0.25, -0.2) is 0 Å². The van der Waals surface area contributed by atoms with E-state index in [-0.39, 0.29) is 18.5 Å². The van der Waals surface area contributed by atoms with Crippen molar-refractivity contribution < 1.29 is 14.3 Å². The second kappa shape index (κ2) is 7.93. The van der Waals surface area contributed by atoms with Gasteiger partial charge < -0.3 is 19.4 Å². The van der Waals surface area contributed by atoms with E-state index in [0.29, 0.717) is 17.5 Å². The fourth-order valence-corrected chi connectivity index (χ4v) is 3.57. The van der Waals surface area contributed by atoms with Crippen molar-refractivity contribution in [1.29, 1.82) is 0 Å². The smallest absolute Gasteiger partial charge is 0.231 e. The Kier molecular flexibility index (Phi) is 5.21. The molecular formula is C20H20N4O3S. The Morgan fingerprint density at radius 3 is 2.75 bits per heavy atom. The summed E-state index contributed by atoms with van der Waals surface area (Å²) in [6, 6.07) is 13.8. The standard InChI is InChI=1S/C20H20N4O3S/c1-13-3-6-15(7-4-13)19-22-23-20(24(19)2)28-11-18(25)21-10-14-5-8-16-17(9-14)27-12-26-16/h3-9H,10-12H2,1-2H3,(H,21,25). The van der Waals surface area contributed by atoms with E-state index in [9.17, 15) is 4.79 Å². The Morgan fingerprint density at radius 2 is 1.93 bits per heavy atom. The number of hydrogen-bond acceptors (Lipinski definition) is 6. The van der Waals surface area contributed by atoms with Gasteiger partial charge in [-0.3, -0.25) is 4.79 Å². The van der Waals surface area contributed by atoms with Crippen molar-refractivity contribution in [2.75, 3.05) is 12.5 Å². The van der Waals surface area contributed by atoms with E-state index >= 15 is 0 Å². The summed E-state index contributed by atoms with van der Waals surface area (Å²) in [5.41, 5.74) is 3.15. The summed E-state index contributed by atoms with van der Waals surface area (Å²) < 4.78 is 12.5. The molecule has 1 N–H and O–H groups in total. The number of nitrogens with zero attached hydrogens (tertiary/aromatic N) is 3. The van der Waals surface area contributed by atoms with E-state index in [4.69, 9.17) is 9.47 Å². The van der Waals surface area contributed by atoms with Crippen LogP contribution >= 0.6 is 11.8 Å². The van der Waals surface area contributed by atoms with Crippen molar-refractivity contribution in [3.8, 4) is 22.9 Å². The summed E-state index contributed by atoms with van der Waals surface area (Å²) >= 11 is 1.36. The number of amides is 1. The summed E-state index contributed by atoms with van der Waals surface area (Å²) in [5.74, 6) is 2.43. The Bertz CT molecular complexity index is 1000. The Hall–Kier alpha value is -3.00. The number of rotatable bonds is 6. The highest BCUT2D eigenvalue weighted by Gasteiger charge is 2.15. The Morgan fingerprint density at radius 1 is 1.14 bits per heavy atom. The van der Waals surface area contributed by atoms with Crippen LogP contribution in [-0.4, -0.2) is 33.2 Å². The van der Waals surface area contributed by atoms with E-state index in [1.165, 1.54) is 17.3 Å². The van der Waals surface area contributed by atoms with Crippen molar-refractivity contribution in [3.63, 3.8) is 0 Å². The molecule has 1 aliphatic heterocycles. The molecule has 3 aromatic rings. The van der Waals surface area contributed by atoms with E-state index in [0.717, 1.165) is 22.7 Å². The molecule has 1 aromatic heterocycles. The number of carbonyl (C=O) groups excluding carboxylic acids is 1. The number of aromatic nitrogens is 3. The summed E-state index contributed by atoms with van der Waals surface area (Å²) in [6.45, 7) is 2.72. The molecule has 2 heterocycles. The molecule has 7 nitrogen and oxygen atoms in total. The maximum Gasteiger partial charge on any atom is 0.231 e. The lowest BCUT2D eigenvalue weighted by Crippen LogP contribution is -2.24. The van der Waals surface area contributed by atoms with Gasteiger partial charge >= 0.3 is 0 Å². The zero-order valence-electron chi connectivity index (χ0n) is 15.6. The molecule has 0 saturated carbocycles. The van der Waals surface area contributed by atoms with Gasteiger partial charge in [0.15, 0.2) is 22.5 Å². The first-order valence-corrected chi connectivity index (χ1v) is 9.83. The van der Waals surface area contributed by atoms with E-state index < -0.39 is 0 Å². The van der Waals surface area contributed by atoms with Gasteiger partial charge in [-0.2, -0.15) is 0 Å². The van der Waals surface area contributed by atoms with E-state index in [1.807, 2.05) is 61.0 Å². The van der Waals surface area contributed by atoms with E-state index in [2.05, 4.69) is 15.5 Å². The summed E-state index contributed by atoms with van der Waals surface area (Å²) in [7, 11) is 1.90. The highest BCUT2D eigenvalue weighted by molar-refractivity contribution is 7.99. The number of nitrogens with one attached hydrogen (secondary N) is 1. The second-order valence-electron chi connectivity index (χ2n) is 6.48. The first-order valence-electron chi connectivity index (χ1n) is 8.84. The van der Waals surface area contributed by atoms with Crippen LogP contribution in [0.1, 0.15) is 11.1 Å². The molecule has 4 rings (SSSR count). The summed E-state index contributed by atoms with van der Waals surface area (Å²) in [4.78, 5) is 12.2. The number of ether oxygens (including phenoxy) is 2. The molecule has 0 fully saturated rings. The topological polar surface area (TPSA) is 78.3 Å². The monoisotopic (exact) mass is 396 g/mol. The van der Waals surface area contributed by atoms with Crippen LogP contribution < -0.4 is 14.8 Å². The molecular weight excluding hydrogens is 376 g/mol. The number of hydrogen-bond donors (Lipinski definition) is 1. The zero-order chi connectivity index (χ0) is 19.5. The van der Waals surface area contributed by atoms with Crippen LogP contribution in [0, 0.1) is 6.92 Å². The van der Waals surface area contributed by atoms with Crippen LogP contribution in [-0.2, 0) is 18.4 Å². The molecule has 8 heteroatoms. The lowest BCUT2D eigenvalue weighted by Gasteiger charge is -2.07. The van der Waals surface area contributed by atoms with E-state index in [1.54, 1.807) is 0 Å². The third-order valence-electron chi connectivity index (χ3n) is 4.40. The minimum absolute atomic E-state index is 0.0671. The minimum atomic E-state index is -0.0671. The average molecular weight is 396 g/mol. The van der Waals surface area contributed by atoms with Crippen molar-refractivity contribution in [2.45, 2.75) is 18.6 Å². The van der Waals surface area contributed by atoms with Gasteiger partial charge in [0, 0.05) is 19.2 Å². The largest absolute Gasteiger partial charge is 0.454 e. The third kappa shape index (κ3) is 3.96.